The molecule has 3 atom stereocenters. The molecule has 0 spiro atoms. The molecule has 2 bridgehead atoms. The molecule has 56 valence electrons. The molecule has 0 aromatic carbocycles. The molecule has 1 nitrogen and oxygen atoms in total. The van der Waals surface area contributed by atoms with Gasteiger partial charge in [0, 0.05) is 5.92 Å². The molecular formula is C9H14O. The number of aliphatic hydroxyl groups excluding tert-OH is 1. The topological polar surface area (TPSA) is 20.2 Å². The Kier molecular flexibility index (Phi) is 2.28. The van der Waals surface area contributed by atoms with Crippen LogP contribution in [0.2, 0.25) is 0 Å². The fraction of sp³-hybridized carbons (Fsp3) is 0.556. The van der Waals surface area contributed by atoms with Crippen LogP contribution in [0.3, 0.4) is 0 Å². The summed E-state index contributed by atoms with van der Waals surface area (Å²) in [6, 6.07) is 0. The SMILES string of the molecule is C=C.OC1CC2C=CC1C2. The van der Waals surface area contributed by atoms with Gasteiger partial charge in [0.15, 0.2) is 0 Å². The van der Waals surface area contributed by atoms with Gasteiger partial charge in [-0.05, 0) is 18.8 Å². The van der Waals surface area contributed by atoms with Crippen LogP contribution in [0.15, 0.2) is 25.3 Å². The van der Waals surface area contributed by atoms with Crippen molar-refractivity contribution in [1.82, 2.24) is 0 Å². The maximum Gasteiger partial charge on any atom is 0.0608 e. The van der Waals surface area contributed by atoms with Gasteiger partial charge >= 0.3 is 0 Å². The molecule has 0 aliphatic heterocycles. The quantitative estimate of drug-likeness (QED) is 0.505. The van der Waals surface area contributed by atoms with E-state index in [1.54, 1.807) is 0 Å². The van der Waals surface area contributed by atoms with E-state index in [2.05, 4.69) is 25.3 Å². The van der Waals surface area contributed by atoms with Crippen molar-refractivity contribution in [1.29, 1.82) is 0 Å². The second-order valence-corrected chi connectivity index (χ2v) is 2.85. The predicted octanol–water partition coefficient (Wildman–Crippen LogP) is 1.75. The highest BCUT2D eigenvalue weighted by molar-refractivity contribution is 5.10. The van der Waals surface area contributed by atoms with Gasteiger partial charge in [-0.1, -0.05) is 12.2 Å². The Bertz CT molecular complexity index is 140. The Morgan fingerprint density at radius 2 is 1.90 bits per heavy atom. The zero-order valence-electron chi connectivity index (χ0n) is 6.16. The van der Waals surface area contributed by atoms with Crippen LogP contribution in [0, 0.1) is 11.8 Å². The van der Waals surface area contributed by atoms with Crippen molar-refractivity contribution in [2.45, 2.75) is 18.9 Å². The van der Waals surface area contributed by atoms with E-state index in [9.17, 15) is 0 Å². The highest BCUT2D eigenvalue weighted by Crippen LogP contribution is 2.38. The number of aliphatic hydroxyl groups is 1. The van der Waals surface area contributed by atoms with Gasteiger partial charge in [-0.3, -0.25) is 0 Å². The summed E-state index contributed by atoms with van der Waals surface area (Å²) in [5.41, 5.74) is 0. The number of hydrogen-bond donors (Lipinski definition) is 1. The van der Waals surface area contributed by atoms with E-state index in [-0.39, 0.29) is 6.10 Å². The first-order valence-corrected chi connectivity index (χ1v) is 3.72. The largest absolute Gasteiger partial charge is 0.392 e. The Morgan fingerprint density at radius 3 is 2.10 bits per heavy atom. The molecule has 0 radical (unpaired) electrons. The molecule has 1 heteroatoms. The number of hydrogen-bond acceptors (Lipinski definition) is 1. The average molecular weight is 138 g/mol. The molecule has 2 aliphatic rings. The van der Waals surface area contributed by atoms with Crippen LogP contribution < -0.4 is 0 Å². The minimum atomic E-state index is -0.00926. The molecule has 0 heterocycles. The normalized spacial score (nSPS) is 41.1. The molecule has 0 aromatic rings. The second-order valence-electron chi connectivity index (χ2n) is 2.85. The predicted molar refractivity (Wildman–Crippen MR) is 42.6 cm³/mol. The number of rotatable bonds is 0. The number of allylic oxidation sites excluding steroid dienone is 1. The van der Waals surface area contributed by atoms with Gasteiger partial charge < -0.3 is 5.11 Å². The van der Waals surface area contributed by atoms with Crippen molar-refractivity contribution < 1.29 is 5.11 Å². The van der Waals surface area contributed by atoms with Gasteiger partial charge in [-0.2, -0.15) is 0 Å². The van der Waals surface area contributed by atoms with Gasteiger partial charge in [-0.25, -0.2) is 0 Å². The summed E-state index contributed by atoms with van der Waals surface area (Å²) in [6.07, 6.45) is 6.60. The first kappa shape index (κ1) is 7.55. The van der Waals surface area contributed by atoms with Crippen molar-refractivity contribution in [2.75, 3.05) is 0 Å². The average Bonchev–Trinajstić information content (AvgIpc) is 2.52. The molecule has 1 N–H and O–H groups in total. The molecule has 0 saturated heterocycles. The van der Waals surface area contributed by atoms with Crippen molar-refractivity contribution in [3.05, 3.63) is 25.3 Å². The lowest BCUT2D eigenvalue weighted by Crippen LogP contribution is -2.11. The third-order valence-corrected chi connectivity index (χ3v) is 2.24. The minimum Gasteiger partial charge on any atom is -0.392 e. The van der Waals surface area contributed by atoms with Crippen molar-refractivity contribution in [3.63, 3.8) is 0 Å². The first-order valence-electron chi connectivity index (χ1n) is 3.72. The Morgan fingerprint density at radius 1 is 1.20 bits per heavy atom. The lowest BCUT2D eigenvalue weighted by atomic mass is 10.1. The fourth-order valence-electron chi connectivity index (χ4n) is 1.75. The number of fused-ring (bicyclic) bond motifs is 2. The highest BCUT2D eigenvalue weighted by atomic mass is 16.3. The Labute approximate surface area is 62.1 Å². The molecule has 3 unspecified atom stereocenters. The molecular weight excluding hydrogens is 124 g/mol. The maximum absolute atomic E-state index is 9.17. The molecule has 1 saturated carbocycles. The van der Waals surface area contributed by atoms with E-state index in [0.29, 0.717) is 5.92 Å². The summed E-state index contributed by atoms with van der Waals surface area (Å²) in [7, 11) is 0. The summed E-state index contributed by atoms with van der Waals surface area (Å²) >= 11 is 0. The lowest BCUT2D eigenvalue weighted by molar-refractivity contribution is 0.148. The molecule has 2 aliphatic carbocycles. The first-order chi connectivity index (χ1) is 4.86. The van der Waals surface area contributed by atoms with Crippen LogP contribution in [-0.4, -0.2) is 11.2 Å². The van der Waals surface area contributed by atoms with Gasteiger partial charge in [0.1, 0.15) is 0 Å². The van der Waals surface area contributed by atoms with Crippen LogP contribution in [0.1, 0.15) is 12.8 Å². The third-order valence-electron chi connectivity index (χ3n) is 2.24. The van der Waals surface area contributed by atoms with Crippen molar-refractivity contribution >= 4 is 0 Å². The Balaban J connectivity index is 0.000000231. The molecule has 0 amide bonds. The molecule has 2 rings (SSSR count). The molecule has 0 aromatic heterocycles. The van der Waals surface area contributed by atoms with E-state index in [1.165, 1.54) is 6.42 Å². The van der Waals surface area contributed by atoms with Crippen molar-refractivity contribution in [2.24, 2.45) is 11.8 Å². The van der Waals surface area contributed by atoms with Crippen LogP contribution in [0.5, 0.6) is 0 Å². The zero-order valence-corrected chi connectivity index (χ0v) is 6.16. The Hall–Kier alpha value is -0.560. The smallest absolute Gasteiger partial charge is 0.0608 e. The maximum atomic E-state index is 9.17. The van der Waals surface area contributed by atoms with Gasteiger partial charge in [0.05, 0.1) is 6.10 Å². The van der Waals surface area contributed by atoms with Crippen LogP contribution >= 0.6 is 0 Å². The lowest BCUT2D eigenvalue weighted by Gasteiger charge is -2.08. The fourth-order valence-corrected chi connectivity index (χ4v) is 1.75. The zero-order chi connectivity index (χ0) is 7.56. The van der Waals surface area contributed by atoms with Crippen LogP contribution in [0.4, 0.5) is 0 Å². The van der Waals surface area contributed by atoms with E-state index >= 15 is 0 Å². The highest BCUT2D eigenvalue weighted by Gasteiger charge is 2.33. The van der Waals surface area contributed by atoms with Gasteiger partial charge in [0.25, 0.3) is 0 Å². The summed E-state index contributed by atoms with van der Waals surface area (Å²) in [4.78, 5) is 0. The standard InChI is InChI=1S/C7H10O.C2H4/c8-7-4-5-1-2-6(7)3-5;1-2/h1-2,5-8H,3-4H2;1-2H2. The summed E-state index contributed by atoms with van der Waals surface area (Å²) in [5, 5.41) is 9.17. The van der Waals surface area contributed by atoms with E-state index in [1.807, 2.05) is 0 Å². The van der Waals surface area contributed by atoms with Gasteiger partial charge in [0.2, 0.25) is 0 Å². The summed E-state index contributed by atoms with van der Waals surface area (Å²) < 4.78 is 0. The van der Waals surface area contributed by atoms with Gasteiger partial charge in [-0.15, -0.1) is 13.2 Å². The minimum absolute atomic E-state index is 0.00926. The molecule has 10 heavy (non-hydrogen) atoms. The van der Waals surface area contributed by atoms with Crippen LogP contribution in [-0.2, 0) is 0 Å². The third kappa shape index (κ3) is 1.14. The van der Waals surface area contributed by atoms with E-state index < -0.39 is 0 Å². The summed E-state index contributed by atoms with van der Waals surface area (Å²) in [5.74, 6) is 1.23. The van der Waals surface area contributed by atoms with E-state index in [4.69, 9.17) is 5.11 Å². The second kappa shape index (κ2) is 3.02. The molecule has 1 fully saturated rings. The monoisotopic (exact) mass is 138 g/mol. The van der Waals surface area contributed by atoms with E-state index in [0.717, 1.165) is 12.3 Å². The van der Waals surface area contributed by atoms with Crippen LogP contribution in [0.25, 0.3) is 0 Å². The summed E-state index contributed by atoms with van der Waals surface area (Å²) in [6.45, 7) is 6.00. The van der Waals surface area contributed by atoms with Crippen molar-refractivity contribution in [3.8, 4) is 0 Å².